The van der Waals surface area contributed by atoms with Crippen LogP contribution in [0.5, 0.6) is 0 Å². The summed E-state index contributed by atoms with van der Waals surface area (Å²) in [5.41, 5.74) is -0.820. The van der Waals surface area contributed by atoms with E-state index in [2.05, 4.69) is 17.2 Å². The van der Waals surface area contributed by atoms with Crippen LogP contribution in [0.15, 0.2) is 18.7 Å². The van der Waals surface area contributed by atoms with Crippen LogP contribution in [0, 0.1) is 0 Å². The number of imidazole rings is 1. The Morgan fingerprint density at radius 1 is 1.45 bits per heavy atom. The van der Waals surface area contributed by atoms with Crippen LogP contribution in [0.2, 0.25) is 0 Å². The fraction of sp³-hybridized carbons (Fsp3) is 0.733. The van der Waals surface area contributed by atoms with E-state index in [0.717, 1.165) is 19.3 Å². The quantitative estimate of drug-likeness (QED) is 0.729. The highest BCUT2D eigenvalue weighted by Crippen LogP contribution is 2.18. The number of nitrogens with one attached hydrogen (secondary N) is 1. The fourth-order valence-corrected chi connectivity index (χ4v) is 2.38. The zero-order valence-electron chi connectivity index (χ0n) is 12.8. The Morgan fingerprint density at radius 3 is 2.75 bits per heavy atom. The van der Waals surface area contributed by atoms with Crippen LogP contribution in [0.1, 0.15) is 58.9 Å². The second-order valence-electron chi connectivity index (χ2n) is 5.68. The number of hydrogen-bond donors (Lipinski definition) is 2. The first kappa shape index (κ1) is 16.7. The van der Waals surface area contributed by atoms with Crippen molar-refractivity contribution >= 4 is 5.91 Å². The molecule has 2 N–H and O–H groups in total. The molecule has 0 radical (unpaired) electrons. The first-order valence-corrected chi connectivity index (χ1v) is 7.45. The van der Waals surface area contributed by atoms with Gasteiger partial charge in [0.1, 0.15) is 0 Å². The normalized spacial score (nSPS) is 15.6. The van der Waals surface area contributed by atoms with E-state index >= 15 is 0 Å². The van der Waals surface area contributed by atoms with Gasteiger partial charge in [0.25, 0.3) is 0 Å². The van der Waals surface area contributed by atoms with Crippen LogP contribution in [-0.4, -0.2) is 32.7 Å². The van der Waals surface area contributed by atoms with Crippen LogP contribution in [0.3, 0.4) is 0 Å². The van der Waals surface area contributed by atoms with Crippen molar-refractivity contribution in [2.75, 3.05) is 6.54 Å². The summed E-state index contributed by atoms with van der Waals surface area (Å²) in [5, 5.41) is 12.9. The summed E-state index contributed by atoms with van der Waals surface area (Å²) in [6.45, 7) is 6.19. The van der Waals surface area contributed by atoms with E-state index in [-0.39, 0.29) is 11.9 Å². The molecule has 2 unspecified atom stereocenters. The summed E-state index contributed by atoms with van der Waals surface area (Å²) in [5.74, 6) is -0.0199. The average Bonchev–Trinajstić information content (AvgIpc) is 2.90. The maximum Gasteiger partial charge on any atom is 0.222 e. The summed E-state index contributed by atoms with van der Waals surface area (Å²) in [4.78, 5) is 16.1. The van der Waals surface area contributed by atoms with Gasteiger partial charge in [0.05, 0.1) is 11.9 Å². The number of carbonyl (C=O) groups is 1. The molecule has 0 aliphatic carbocycles. The Bertz CT molecular complexity index is 388. The third-order valence-corrected chi connectivity index (χ3v) is 3.44. The van der Waals surface area contributed by atoms with Gasteiger partial charge in [-0.15, -0.1) is 0 Å². The fourth-order valence-electron chi connectivity index (χ4n) is 2.38. The Balaban J connectivity index is 2.47. The van der Waals surface area contributed by atoms with E-state index < -0.39 is 5.60 Å². The molecule has 1 aromatic heterocycles. The standard InChI is InChI=1S/C15H27N3O2/c1-4-6-13(18-9-8-16-12-18)10-14(19)17-11-15(3,20)7-5-2/h8-9,12-13,20H,4-7,10-11H2,1-3H3,(H,17,19). The molecule has 0 spiro atoms. The van der Waals surface area contributed by atoms with Gasteiger partial charge in [0.15, 0.2) is 0 Å². The minimum atomic E-state index is -0.820. The van der Waals surface area contributed by atoms with Gasteiger partial charge < -0.3 is 15.0 Å². The summed E-state index contributed by atoms with van der Waals surface area (Å²) in [6, 6.07) is 0.138. The van der Waals surface area contributed by atoms with Gasteiger partial charge >= 0.3 is 0 Å². The van der Waals surface area contributed by atoms with Crippen molar-refractivity contribution < 1.29 is 9.90 Å². The largest absolute Gasteiger partial charge is 0.388 e. The van der Waals surface area contributed by atoms with Gasteiger partial charge in [0, 0.05) is 31.4 Å². The van der Waals surface area contributed by atoms with E-state index in [1.807, 2.05) is 17.7 Å². The Kier molecular flexibility index (Phi) is 6.71. The number of aliphatic hydroxyl groups is 1. The summed E-state index contributed by atoms with van der Waals surface area (Å²) in [7, 11) is 0. The van der Waals surface area contributed by atoms with Crippen LogP contribution in [0.4, 0.5) is 0 Å². The lowest BCUT2D eigenvalue weighted by molar-refractivity contribution is -0.123. The molecule has 1 aromatic rings. The molecule has 0 saturated carbocycles. The van der Waals surface area contributed by atoms with Gasteiger partial charge in [-0.25, -0.2) is 4.98 Å². The molecule has 0 fully saturated rings. The summed E-state index contributed by atoms with van der Waals surface area (Å²) in [6.07, 6.45) is 9.34. The van der Waals surface area contributed by atoms with Crippen LogP contribution in [0.25, 0.3) is 0 Å². The lowest BCUT2D eigenvalue weighted by Crippen LogP contribution is -2.41. The molecule has 0 bridgehead atoms. The molecule has 5 nitrogen and oxygen atoms in total. The minimum Gasteiger partial charge on any atom is -0.388 e. The number of hydrogen-bond acceptors (Lipinski definition) is 3. The lowest BCUT2D eigenvalue weighted by Gasteiger charge is -2.24. The van der Waals surface area contributed by atoms with Crippen molar-refractivity contribution in [2.45, 2.75) is 64.5 Å². The molecule has 1 amide bonds. The Labute approximate surface area is 121 Å². The van der Waals surface area contributed by atoms with Gasteiger partial charge in [-0.3, -0.25) is 4.79 Å². The van der Waals surface area contributed by atoms with Gasteiger partial charge in [0.2, 0.25) is 5.91 Å². The molecule has 114 valence electrons. The first-order valence-electron chi connectivity index (χ1n) is 7.45. The maximum absolute atomic E-state index is 12.0. The van der Waals surface area contributed by atoms with Crippen LogP contribution >= 0.6 is 0 Å². The predicted molar refractivity (Wildman–Crippen MR) is 79.3 cm³/mol. The van der Waals surface area contributed by atoms with Crippen LogP contribution in [-0.2, 0) is 4.79 Å². The number of amides is 1. The molecular formula is C15H27N3O2. The van der Waals surface area contributed by atoms with Gasteiger partial charge in [-0.2, -0.15) is 0 Å². The van der Waals surface area contributed by atoms with Crippen molar-refractivity contribution in [1.82, 2.24) is 14.9 Å². The second-order valence-corrected chi connectivity index (χ2v) is 5.68. The lowest BCUT2D eigenvalue weighted by atomic mass is 10.0. The number of aromatic nitrogens is 2. The molecule has 0 aliphatic heterocycles. The minimum absolute atomic E-state index is 0.0199. The first-order chi connectivity index (χ1) is 9.48. The monoisotopic (exact) mass is 281 g/mol. The molecule has 2 atom stereocenters. The van der Waals surface area contributed by atoms with E-state index in [4.69, 9.17) is 0 Å². The molecule has 1 heterocycles. The number of nitrogens with zero attached hydrogens (tertiary/aromatic N) is 2. The van der Waals surface area contributed by atoms with Crippen molar-refractivity contribution in [3.63, 3.8) is 0 Å². The Morgan fingerprint density at radius 2 is 2.20 bits per heavy atom. The average molecular weight is 281 g/mol. The third-order valence-electron chi connectivity index (χ3n) is 3.44. The van der Waals surface area contributed by atoms with E-state index in [9.17, 15) is 9.90 Å². The zero-order chi connectivity index (χ0) is 15.0. The molecular weight excluding hydrogens is 254 g/mol. The molecule has 0 aromatic carbocycles. The smallest absolute Gasteiger partial charge is 0.222 e. The second kappa shape index (κ2) is 8.04. The van der Waals surface area contributed by atoms with Crippen molar-refractivity contribution in [1.29, 1.82) is 0 Å². The predicted octanol–water partition coefficient (Wildman–Crippen LogP) is 2.28. The topological polar surface area (TPSA) is 67.2 Å². The molecule has 0 saturated heterocycles. The highest BCUT2D eigenvalue weighted by atomic mass is 16.3. The van der Waals surface area contributed by atoms with E-state index in [1.54, 1.807) is 19.4 Å². The SMILES string of the molecule is CCCC(CC(=O)NCC(C)(O)CCC)n1ccnc1. The molecule has 0 aliphatic rings. The van der Waals surface area contributed by atoms with E-state index in [1.165, 1.54) is 0 Å². The van der Waals surface area contributed by atoms with Gasteiger partial charge in [-0.1, -0.05) is 26.7 Å². The third kappa shape index (κ3) is 5.74. The van der Waals surface area contributed by atoms with Crippen molar-refractivity contribution in [2.24, 2.45) is 0 Å². The molecule has 1 rings (SSSR count). The van der Waals surface area contributed by atoms with Crippen molar-refractivity contribution in [3.05, 3.63) is 18.7 Å². The highest BCUT2D eigenvalue weighted by molar-refractivity contribution is 5.76. The maximum atomic E-state index is 12.0. The summed E-state index contributed by atoms with van der Waals surface area (Å²) < 4.78 is 1.98. The number of rotatable bonds is 9. The molecule has 5 heteroatoms. The summed E-state index contributed by atoms with van der Waals surface area (Å²) >= 11 is 0. The van der Waals surface area contributed by atoms with Crippen LogP contribution < -0.4 is 5.32 Å². The zero-order valence-corrected chi connectivity index (χ0v) is 12.8. The Hall–Kier alpha value is -1.36. The van der Waals surface area contributed by atoms with Crippen molar-refractivity contribution in [3.8, 4) is 0 Å². The van der Waals surface area contributed by atoms with E-state index in [0.29, 0.717) is 19.4 Å². The highest BCUT2D eigenvalue weighted by Gasteiger charge is 2.21. The molecule has 20 heavy (non-hydrogen) atoms. The number of carbonyl (C=O) groups excluding carboxylic acids is 1. The van der Waals surface area contributed by atoms with Gasteiger partial charge in [-0.05, 0) is 19.8 Å².